The van der Waals surface area contributed by atoms with Gasteiger partial charge in [0.25, 0.3) is 11.8 Å². The Bertz CT molecular complexity index is 1350. The number of halogens is 1. The number of nitrogens with one attached hydrogen (secondary N) is 2. The molecule has 3 rings (SSSR count). The molecule has 42 heavy (non-hydrogen) atoms. The maximum Gasteiger partial charge on any atom is 0.273 e. The Labute approximate surface area is 247 Å². The zero-order valence-corrected chi connectivity index (χ0v) is 24.7. The molecule has 0 unspecified atom stereocenters. The van der Waals surface area contributed by atoms with Gasteiger partial charge in [0.2, 0.25) is 0 Å². The summed E-state index contributed by atoms with van der Waals surface area (Å²) in [7, 11) is 3.63. The number of amides is 2. The minimum absolute atomic E-state index is 0.155. The van der Waals surface area contributed by atoms with E-state index in [2.05, 4.69) is 46.5 Å². The summed E-state index contributed by atoms with van der Waals surface area (Å²) >= 11 is 0. The van der Waals surface area contributed by atoms with Gasteiger partial charge in [-0.25, -0.2) is 9.82 Å². The maximum atomic E-state index is 13.5. The molecule has 3 aromatic rings. The van der Waals surface area contributed by atoms with Crippen molar-refractivity contribution in [3.8, 4) is 5.75 Å². The Morgan fingerprint density at radius 2 is 1.74 bits per heavy atom. The van der Waals surface area contributed by atoms with Gasteiger partial charge >= 0.3 is 0 Å². The number of benzene rings is 3. The van der Waals surface area contributed by atoms with E-state index in [1.165, 1.54) is 24.4 Å². The Kier molecular flexibility index (Phi) is 13.1. The van der Waals surface area contributed by atoms with Crippen LogP contribution in [0, 0.1) is 5.82 Å². The highest BCUT2D eigenvalue weighted by molar-refractivity contribution is 6.09. The molecule has 0 bridgehead atoms. The quantitative estimate of drug-likeness (QED) is 0.146. The lowest BCUT2D eigenvalue weighted by atomic mass is 10.1. The largest absolute Gasteiger partial charge is 0.491 e. The van der Waals surface area contributed by atoms with Gasteiger partial charge in [-0.15, -0.1) is 0 Å². The van der Waals surface area contributed by atoms with Gasteiger partial charge in [-0.2, -0.15) is 5.10 Å². The Morgan fingerprint density at radius 1 is 0.952 bits per heavy atom. The summed E-state index contributed by atoms with van der Waals surface area (Å²) in [5.41, 5.74) is 4.86. The molecule has 3 aromatic carbocycles. The molecule has 10 heteroatoms. The molecule has 9 nitrogen and oxygen atoms in total. The Morgan fingerprint density at radius 3 is 2.48 bits per heavy atom. The minimum atomic E-state index is -0.571. The topological polar surface area (TPSA) is 95.5 Å². The summed E-state index contributed by atoms with van der Waals surface area (Å²) in [6, 6.07) is 18.1. The summed E-state index contributed by atoms with van der Waals surface area (Å²) in [5.74, 6) is -0.905. The summed E-state index contributed by atoms with van der Waals surface area (Å²) in [6.45, 7) is 9.59. The molecule has 0 aliphatic rings. The van der Waals surface area contributed by atoms with Gasteiger partial charge in [-0.05, 0) is 73.7 Å². The first-order valence-corrected chi connectivity index (χ1v) is 14.0. The molecule has 0 atom stereocenters. The first kappa shape index (κ1) is 32.4. The molecule has 0 heterocycles. The first-order valence-electron chi connectivity index (χ1n) is 14.0. The van der Waals surface area contributed by atoms with Crippen LogP contribution in [0.1, 0.15) is 45.7 Å². The molecular weight excluding hydrogens is 537 g/mol. The number of ether oxygens (including phenoxy) is 2. The number of carbonyl (C=O) groups excluding carboxylic acids is 2. The van der Waals surface area contributed by atoms with E-state index >= 15 is 0 Å². The van der Waals surface area contributed by atoms with Crippen LogP contribution in [0.2, 0.25) is 0 Å². The van der Waals surface area contributed by atoms with E-state index in [0.29, 0.717) is 35.7 Å². The molecule has 0 fully saturated rings. The van der Waals surface area contributed by atoms with E-state index in [9.17, 15) is 14.0 Å². The number of methoxy groups -OCH3 is 1. The van der Waals surface area contributed by atoms with Crippen molar-refractivity contribution in [3.05, 3.63) is 94.8 Å². The van der Waals surface area contributed by atoms with Crippen molar-refractivity contribution >= 4 is 23.7 Å². The van der Waals surface area contributed by atoms with E-state index in [1.54, 1.807) is 37.4 Å². The molecule has 0 aromatic heterocycles. The number of anilines is 1. The highest BCUT2D eigenvalue weighted by Gasteiger charge is 2.17. The van der Waals surface area contributed by atoms with Gasteiger partial charge in [0, 0.05) is 32.3 Å². The number of hydrogen-bond donors (Lipinski definition) is 2. The van der Waals surface area contributed by atoms with Crippen LogP contribution in [0.15, 0.2) is 71.8 Å². The third-order valence-corrected chi connectivity index (χ3v) is 6.60. The number of carbonyl (C=O) groups is 2. The van der Waals surface area contributed by atoms with Crippen LogP contribution in [0.25, 0.3) is 0 Å². The van der Waals surface area contributed by atoms with Crippen LogP contribution in [0.5, 0.6) is 5.75 Å². The van der Waals surface area contributed by atoms with Gasteiger partial charge in [-0.3, -0.25) is 9.59 Å². The smallest absolute Gasteiger partial charge is 0.273 e. The predicted molar refractivity (Wildman–Crippen MR) is 164 cm³/mol. The SMILES string of the molecule is CCN(CC)CCN(C)Cc1cccc(C(=O)Nc2ccc(OCCOC)cc2C(=O)N/N=C/c2cccc(F)c2)c1. The molecule has 0 saturated heterocycles. The molecule has 0 aliphatic carbocycles. The second kappa shape index (κ2) is 17.0. The van der Waals surface area contributed by atoms with Crippen molar-refractivity contribution in [1.82, 2.24) is 15.2 Å². The van der Waals surface area contributed by atoms with Gasteiger partial charge in [0.15, 0.2) is 0 Å². The zero-order chi connectivity index (χ0) is 30.3. The summed E-state index contributed by atoms with van der Waals surface area (Å²) < 4.78 is 24.2. The summed E-state index contributed by atoms with van der Waals surface area (Å²) in [4.78, 5) is 31.0. The molecule has 0 saturated carbocycles. The van der Waals surface area contributed by atoms with E-state index in [-0.39, 0.29) is 18.1 Å². The van der Waals surface area contributed by atoms with Gasteiger partial charge < -0.3 is 24.6 Å². The van der Waals surface area contributed by atoms with Crippen LogP contribution in [-0.4, -0.2) is 81.4 Å². The van der Waals surface area contributed by atoms with E-state index in [1.807, 2.05) is 18.2 Å². The van der Waals surface area contributed by atoms with Crippen LogP contribution in [0.4, 0.5) is 10.1 Å². The van der Waals surface area contributed by atoms with Crippen molar-refractivity contribution in [2.24, 2.45) is 5.10 Å². The average molecular weight is 578 g/mol. The summed E-state index contributed by atoms with van der Waals surface area (Å²) in [6.07, 6.45) is 1.34. The second-order valence-corrected chi connectivity index (χ2v) is 9.72. The maximum absolute atomic E-state index is 13.5. The normalized spacial score (nSPS) is 11.3. The number of nitrogens with zero attached hydrogens (tertiary/aromatic N) is 3. The minimum Gasteiger partial charge on any atom is -0.491 e. The molecule has 2 N–H and O–H groups in total. The molecule has 0 spiro atoms. The fraction of sp³-hybridized carbons (Fsp3) is 0.344. The highest BCUT2D eigenvalue weighted by Crippen LogP contribution is 2.23. The predicted octanol–water partition coefficient (Wildman–Crippen LogP) is 4.64. The van der Waals surface area contributed by atoms with Crippen molar-refractivity contribution in [2.45, 2.75) is 20.4 Å². The van der Waals surface area contributed by atoms with Crippen molar-refractivity contribution in [3.63, 3.8) is 0 Å². The molecular formula is C32H40FN5O4. The van der Waals surface area contributed by atoms with Crippen LogP contribution < -0.4 is 15.5 Å². The van der Waals surface area contributed by atoms with Crippen molar-refractivity contribution in [1.29, 1.82) is 0 Å². The number of hydrogen-bond acceptors (Lipinski definition) is 7. The van der Waals surface area contributed by atoms with E-state index in [4.69, 9.17) is 9.47 Å². The molecule has 0 aliphatic heterocycles. The van der Waals surface area contributed by atoms with Gasteiger partial charge in [0.05, 0.1) is 24.1 Å². The van der Waals surface area contributed by atoms with Crippen molar-refractivity contribution in [2.75, 3.05) is 58.9 Å². The second-order valence-electron chi connectivity index (χ2n) is 9.72. The lowest BCUT2D eigenvalue weighted by Gasteiger charge is -2.23. The molecule has 2 amide bonds. The van der Waals surface area contributed by atoms with Crippen LogP contribution in [0.3, 0.4) is 0 Å². The molecule has 0 radical (unpaired) electrons. The van der Waals surface area contributed by atoms with Crippen LogP contribution >= 0.6 is 0 Å². The Hall–Kier alpha value is -4.12. The van der Waals surface area contributed by atoms with E-state index in [0.717, 1.165) is 31.7 Å². The third-order valence-electron chi connectivity index (χ3n) is 6.60. The standard InChI is InChI=1S/C32H40FN5O4/c1-5-38(6-2)16-15-37(3)23-25-10-7-11-26(19-25)31(39)35-30-14-13-28(42-18-17-41-4)21-29(30)32(40)36-34-22-24-9-8-12-27(33)20-24/h7-14,19-22H,5-6,15-18,23H2,1-4H3,(H,35,39)(H,36,40)/b34-22+. The molecule has 224 valence electrons. The van der Waals surface area contributed by atoms with E-state index < -0.39 is 11.7 Å². The number of rotatable bonds is 16. The third kappa shape index (κ3) is 10.4. The Balaban J connectivity index is 1.74. The lowest BCUT2D eigenvalue weighted by molar-refractivity contribution is 0.0955. The fourth-order valence-corrected chi connectivity index (χ4v) is 4.21. The van der Waals surface area contributed by atoms with Crippen molar-refractivity contribution < 1.29 is 23.5 Å². The van der Waals surface area contributed by atoms with Gasteiger partial charge in [0.1, 0.15) is 18.2 Å². The van der Waals surface area contributed by atoms with Crippen LogP contribution in [-0.2, 0) is 11.3 Å². The first-order chi connectivity index (χ1) is 20.3. The highest BCUT2D eigenvalue weighted by atomic mass is 19.1. The fourth-order valence-electron chi connectivity index (χ4n) is 4.21. The lowest BCUT2D eigenvalue weighted by Crippen LogP contribution is -2.32. The zero-order valence-electron chi connectivity index (χ0n) is 24.7. The monoisotopic (exact) mass is 577 g/mol. The number of likely N-dealkylation sites (N-methyl/N-ethyl adjacent to an activating group) is 2. The average Bonchev–Trinajstić information content (AvgIpc) is 2.98. The van der Waals surface area contributed by atoms with Gasteiger partial charge in [-0.1, -0.05) is 38.1 Å². The summed E-state index contributed by atoms with van der Waals surface area (Å²) in [5, 5.41) is 6.80. The number of hydrazone groups is 1.